The van der Waals surface area contributed by atoms with E-state index in [9.17, 15) is 4.79 Å². The van der Waals surface area contributed by atoms with Gasteiger partial charge in [0.15, 0.2) is 5.69 Å². The normalized spacial score (nSPS) is 9.90. The van der Waals surface area contributed by atoms with Crippen LogP contribution < -0.4 is 0 Å². The van der Waals surface area contributed by atoms with Gasteiger partial charge in [-0.2, -0.15) is 5.10 Å². The molecule has 0 bridgehead atoms. The summed E-state index contributed by atoms with van der Waals surface area (Å²) in [4.78, 5) is 15.7. The Morgan fingerprint density at radius 1 is 1.43 bits per heavy atom. The van der Waals surface area contributed by atoms with Crippen LogP contribution in [-0.4, -0.2) is 29.4 Å². The van der Waals surface area contributed by atoms with Crippen molar-refractivity contribution in [3.8, 4) is 17.3 Å². The number of esters is 1. The van der Waals surface area contributed by atoms with Crippen LogP contribution in [0.25, 0.3) is 16.1 Å². The molecule has 1 aromatic heterocycles. The number of hydrogen-bond donors (Lipinski definition) is 0. The zero-order valence-corrected chi connectivity index (χ0v) is 12.8. The van der Waals surface area contributed by atoms with Crippen molar-refractivity contribution in [3.63, 3.8) is 0 Å². The molecule has 2 rings (SSSR count). The van der Waals surface area contributed by atoms with Crippen LogP contribution in [0.2, 0.25) is 5.02 Å². The molecule has 0 radical (unpaired) electrons. The Morgan fingerprint density at radius 2 is 2.10 bits per heavy atom. The molecule has 5 nitrogen and oxygen atoms in total. The molecular weight excluding hydrogens is 290 g/mol. The summed E-state index contributed by atoms with van der Waals surface area (Å²) in [6, 6.07) is 10.3. The van der Waals surface area contributed by atoms with Gasteiger partial charge < -0.3 is 4.74 Å². The van der Waals surface area contributed by atoms with E-state index in [-0.39, 0.29) is 17.3 Å². The standard InChI is InChI=1S/C15H15ClN3O2/c1-4-21-15(20)14-12(16)13(18-19(14)3)11-7-5-10(6-8-11)9-17-2/h5-8H,4H2,1-3H3/q+1. The number of halogens is 1. The highest BCUT2D eigenvalue weighted by Gasteiger charge is 2.22. The minimum atomic E-state index is -0.480. The Hall–Kier alpha value is -2.32. The number of aryl methyl sites for hydroxylation is 1. The quantitative estimate of drug-likeness (QED) is 0.818. The number of benzene rings is 1. The Morgan fingerprint density at radius 3 is 2.67 bits per heavy atom. The molecule has 0 saturated heterocycles. The summed E-state index contributed by atoms with van der Waals surface area (Å²) in [6.45, 7) is 2.03. The highest BCUT2D eigenvalue weighted by atomic mass is 35.5. The molecule has 6 heteroatoms. The Labute approximate surface area is 127 Å². The van der Waals surface area contributed by atoms with Crippen LogP contribution >= 0.6 is 11.6 Å². The van der Waals surface area contributed by atoms with Crippen molar-refractivity contribution in [1.29, 1.82) is 0 Å². The Bertz CT molecular complexity index is 724. The summed E-state index contributed by atoms with van der Waals surface area (Å²) in [5.41, 5.74) is 2.47. The minimum absolute atomic E-state index is 0.249. The third-order valence-corrected chi connectivity index (χ3v) is 3.22. The molecule has 0 fully saturated rings. The first-order valence-electron chi connectivity index (χ1n) is 6.43. The predicted octanol–water partition coefficient (Wildman–Crippen LogP) is 3.23. The van der Waals surface area contributed by atoms with Gasteiger partial charge in [0.05, 0.1) is 6.61 Å². The Kier molecular flexibility index (Phi) is 4.61. The van der Waals surface area contributed by atoms with Crippen LogP contribution in [0.15, 0.2) is 24.3 Å². The largest absolute Gasteiger partial charge is 0.461 e. The van der Waals surface area contributed by atoms with Crippen molar-refractivity contribution < 1.29 is 9.53 Å². The summed E-state index contributed by atoms with van der Waals surface area (Å²) in [5.74, 6) is -0.480. The molecule has 0 amide bonds. The number of aromatic nitrogens is 2. The first kappa shape index (κ1) is 15.1. The Balaban J connectivity index is 2.42. The van der Waals surface area contributed by atoms with Crippen LogP contribution in [0.1, 0.15) is 23.0 Å². The number of carbonyl (C=O) groups excluding carboxylic acids is 1. The predicted molar refractivity (Wildman–Crippen MR) is 81.9 cm³/mol. The van der Waals surface area contributed by atoms with E-state index in [1.165, 1.54) is 4.68 Å². The van der Waals surface area contributed by atoms with Crippen molar-refractivity contribution in [3.05, 3.63) is 45.4 Å². The molecular formula is C15H15ClN3O2+. The van der Waals surface area contributed by atoms with Gasteiger partial charge in [-0.15, -0.1) is 0 Å². The molecule has 0 aliphatic carbocycles. The van der Waals surface area contributed by atoms with Gasteiger partial charge in [-0.1, -0.05) is 28.6 Å². The van der Waals surface area contributed by atoms with Gasteiger partial charge in [0.1, 0.15) is 16.3 Å². The maximum absolute atomic E-state index is 11.9. The molecule has 0 atom stereocenters. The van der Waals surface area contributed by atoms with Gasteiger partial charge in [-0.3, -0.25) is 4.68 Å². The van der Waals surface area contributed by atoms with Crippen molar-refractivity contribution >= 4 is 17.6 Å². The van der Waals surface area contributed by atoms with Crippen molar-refractivity contribution in [1.82, 2.24) is 9.78 Å². The van der Waals surface area contributed by atoms with Crippen molar-refractivity contribution in [2.24, 2.45) is 7.05 Å². The molecule has 2 aromatic rings. The second-order valence-electron chi connectivity index (χ2n) is 4.27. The number of hydrogen-bond acceptors (Lipinski definition) is 3. The number of carbonyl (C=O) groups is 1. The van der Waals surface area contributed by atoms with Crippen LogP contribution in [0.3, 0.4) is 0 Å². The molecule has 0 unspecified atom stereocenters. The summed E-state index contributed by atoms with van der Waals surface area (Å²) in [6.07, 6.45) is 0. The minimum Gasteiger partial charge on any atom is -0.461 e. The fraction of sp³-hybridized carbons (Fsp3) is 0.267. The molecule has 0 aliphatic heterocycles. The fourth-order valence-corrected chi connectivity index (χ4v) is 2.28. The number of ether oxygens (including phenoxy) is 1. The van der Waals surface area contributed by atoms with E-state index in [0.717, 1.165) is 11.1 Å². The average Bonchev–Trinajstić information content (AvgIpc) is 2.75. The maximum Gasteiger partial charge on any atom is 0.358 e. The van der Waals surface area contributed by atoms with Crippen molar-refractivity contribution in [2.75, 3.05) is 13.7 Å². The second-order valence-corrected chi connectivity index (χ2v) is 4.65. The van der Waals surface area contributed by atoms with Gasteiger partial charge >= 0.3 is 12.0 Å². The highest BCUT2D eigenvalue weighted by molar-refractivity contribution is 6.35. The third kappa shape index (κ3) is 3.06. The lowest BCUT2D eigenvalue weighted by atomic mass is 10.1. The molecule has 0 aliphatic rings. The van der Waals surface area contributed by atoms with E-state index in [1.54, 1.807) is 21.0 Å². The monoisotopic (exact) mass is 304 g/mol. The third-order valence-electron chi connectivity index (χ3n) is 2.86. The molecule has 108 valence electrons. The highest BCUT2D eigenvalue weighted by Crippen LogP contribution is 2.30. The summed E-state index contributed by atoms with van der Waals surface area (Å²) in [7, 11) is 3.32. The van der Waals surface area contributed by atoms with Gasteiger partial charge in [0.2, 0.25) is 0 Å². The van der Waals surface area contributed by atoms with E-state index in [0.29, 0.717) is 5.69 Å². The fourth-order valence-electron chi connectivity index (χ4n) is 1.94. The molecule has 0 spiro atoms. The maximum atomic E-state index is 11.9. The summed E-state index contributed by atoms with van der Waals surface area (Å²) in [5, 5.41) is 4.59. The van der Waals surface area contributed by atoms with Gasteiger partial charge in [0, 0.05) is 12.6 Å². The lowest BCUT2D eigenvalue weighted by Crippen LogP contribution is -2.10. The lowest BCUT2D eigenvalue weighted by Gasteiger charge is -2.01. The molecule has 0 saturated carbocycles. The van der Waals surface area contributed by atoms with E-state index < -0.39 is 5.97 Å². The topological polar surface area (TPSA) is 48.5 Å². The van der Waals surface area contributed by atoms with Gasteiger partial charge in [0.25, 0.3) is 7.05 Å². The molecule has 21 heavy (non-hydrogen) atoms. The van der Waals surface area contributed by atoms with Crippen molar-refractivity contribution in [2.45, 2.75) is 6.92 Å². The summed E-state index contributed by atoms with van der Waals surface area (Å²) < 4.78 is 6.42. The smallest absolute Gasteiger partial charge is 0.358 e. The van der Waals surface area contributed by atoms with E-state index in [2.05, 4.69) is 16.0 Å². The van der Waals surface area contributed by atoms with Crippen LogP contribution in [-0.2, 0) is 11.8 Å². The number of rotatable bonds is 3. The lowest BCUT2D eigenvalue weighted by molar-refractivity contribution is 0.0514. The summed E-state index contributed by atoms with van der Waals surface area (Å²) >= 11 is 6.28. The van der Waals surface area contributed by atoms with Crippen LogP contribution in [0.5, 0.6) is 0 Å². The molecule has 1 aromatic carbocycles. The van der Waals surface area contributed by atoms with E-state index in [1.807, 2.05) is 24.3 Å². The number of nitrogens with zero attached hydrogens (tertiary/aromatic N) is 3. The van der Waals surface area contributed by atoms with E-state index in [4.69, 9.17) is 16.3 Å². The van der Waals surface area contributed by atoms with E-state index >= 15 is 0 Å². The van der Waals surface area contributed by atoms with Crippen LogP contribution in [0.4, 0.5) is 0 Å². The molecule has 0 N–H and O–H groups in total. The van der Waals surface area contributed by atoms with Gasteiger partial charge in [-0.25, -0.2) is 4.79 Å². The SMILES string of the molecule is CCOC(=O)c1c(Cl)c(-c2ccc(C#[N+]C)cc2)nn1C. The zero-order chi connectivity index (χ0) is 15.4. The molecule has 1 heterocycles. The first-order chi connectivity index (χ1) is 10.1. The average molecular weight is 305 g/mol. The first-order valence-corrected chi connectivity index (χ1v) is 6.81. The van der Waals surface area contributed by atoms with Gasteiger partial charge in [-0.05, 0) is 19.1 Å². The second kappa shape index (κ2) is 6.42. The zero-order valence-electron chi connectivity index (χ0n) is 12.1. The van der Waals surface area contributed by atoms with Crippen LogP contribution in [0, 0.1) is 6.07 Å².